The molecule has 0 radical (unpaired) electrons. The minimum atomic E-state index is -0.407. The molecule has 0 bridgehead atoms. The van der Waals surface area contributed by atoms with Gasteiger partial charge in [-0.25, -0.2) is 0 Å². The first-order chi connectivity index (χ1) is 4.12. The third-order valence-electron chi connectivity index (χ3n) is 1.83. The molecule has 0 fully saturated rings. The Balaban J connectivity index is 3.33. The van der Waals surface area contributed by atoms with Gasteiger partial charge in [0.2, 0.25) is 0 Å². The van der Waals surface area contributed by atoms with Crippen molar-refractivity contribution in [3.05, 3.63) is 0 Å². The van der Waals surface area contributed by atoms with Crippen LogP contribution in [0.25, 0.3) is 0 Å². The lowest BCUT2D eigenvalue weighted by Crippen LogP contribution is -2.21. The van der Waals surface area contributed by atoms with Crippen molar-refractivity contribution in [3.8, 4) is 0 Å². The highest BCUT2D eigenvalue weighted by Crippen LogP contribution is 2.16. The molecule has 0 aliphatic carbocycles. The zero-order valence-corrected chi connectivity index (χ0v) is 6.78. The Hall–Kier alpha value is -0.0400. The van der Waals surface area contributed by atoms with Crippen LogP contribution in [0.5, 0.6) is 0 Å². The molecule has 1 N–H and O–H groups in total. The minimum Gasteiger partial charge on any atom is -0.390 e. The van der Waals surface area contributed by atoms with Crippen LogP contribution < -0.4 is 0 Å². The van der Waals surface area contributed by atoms with Crippen molar-refractivity contribution in [3.63, 3.8) is 0 Å². The molecule has 0 aliphatic rings. The molecule has 0 amide bonds. The second-order valence-electron chi connectivity index (χ2n) is 2.95. The topological polar surface area (TPSA) is 20.2 Å². The molecule has 0 rings (SSSR count). The van der Waals surface area contributed by atoms with Gasteiger partial charge in [-0.1, -0.05) is 26.7 Å². The SMILES string of the molecule is CCCC[C@](C)(O)CC. The largest absolute Gasteiger partial charge is 0.390 e. The molecule has 0 heterocycles. The summed E-state index contributed by atoms with van der Waals surface area (Å²) in [6, 6.07) is 0. The van der Waals surface area contributed by atoms with Gasteiger partial charge in [-0.05, 0) is 19.8 Å². The van der Waals surface area contributed by atoms with E-state index in [1.54, 1.807) is 0 Å². The van der Waals surface area contributed by atoms with E-state index in [9.17, 15) is 5.11 Å². The van der Waals surface area contributed by atoms with Crippen molar-refractivity contribution in [2.24, 2.45) is 0 Å². The fourth-order valence-corrected chi connectivity index (χ4v) is 0.734. The van der Waals surface area contributed by atoms with Crippen molar-refractivity contribution in [2.45, 2.75) is 52.1 Å². The summed E-state index contributed by atoms with van der Waals surface area (Å²) in [5, 5.41) is 9.45. The van der Waals surface area contributed by atoms with Crippen LogP contribution >= 0.6 is 0 Å². The molecule has 0 unspecified atom stereocenters. The summed E-state index contributed by atoms with van der Waals surface area (Å²) < 4.78 is 0. The van der Waals surface area contributed by atoms with Gasteiger partial charge in [-0.15, -0.1) is 0 Å². The van der Waals surface area contributed by atoms with Gasteiger partial charge in [0.05, 0.1) is 5.60 Å². The van der Waals surface area contributed by atoms with Crippen molar-refractivity contribution in [2.75, 3.05) is 0 Å². The lowest BCUT2D eigenvalue weighted by atomic mass is 9.97. The van der Waals surface area contributed by atoms with Crippen LogP contribution in [0, 0.1) is 0 Å². The van der Waals surface area contributed by atoms with Gasteiger partial charge in [0.1, 0.15) is 0 Å². The summed E-state index contributed by atoms with van der Waals surface area (Å²) in [6.07, 6.45) is 4.13. The van der Waals surface area contributed by atoms with E-state index in [0.717, 1.165) is 19.3 Å². The van der Waals surface area contributed by atoms with Crippen LogP contribution in [0.1, 0.15) is 46.5 Å². The maximum Gasteiger partial charge on any atom is 0.0617 e. The third-order valence-corrected chi connectivity index (χ3v) is 1.83. The van der Waals surface area contributed by atoms with E-state index in [2.05, 4.69) is 6.92 Å². The third kappa shape index (κ3) is 4.46. The van der Waals surface area contributed by atoms with Gasteiger partial charge in [0, 0.05) is 0 Å². The number of hydrogen-bond acceptors (Lipinski definition) is 1. The molecule has 0 aromatic heterocycles. The Morgan fingerprint density at radius 2 is 1.89 bits per heavy atom. The number of hydrogen-bond donors (Lipinski definition) is 1. The molecule has 9 heavy (non-hydrogen) atoms. The van der Waals surface area contributed by atoms with Crippen molar-refractivity contribution in [1.29, 1.82) is 0 Å². The smallest absolute Gasteiger partial charge is 0.0617 e. The highest BCUT2D eigenvalue weighted by Gasteiger charge is 2.15. The van der Waals surface area contributed by atoms with Gasteiger partial charge >= 0.3 is 0 Å². The van der Waals surface area contributed by atoms with Crippen molar-refractivity contribution in [1.82, 2.24) is 0 Å². The quantitative estimate of drug-likeness (QED) is 0.619. The molecule has 1 nitrogen and oxygen atoms in total. The van der Waals surface area contributed by atoms with Gasteiger partial charge in [-0.2, -0.15) is 0 Å². The van der Waals surface area contributed by atoms with Crippen molar-refractivity contribution < 1.29 is 5.11 Å². The van der Waals surface area contributed by atoms with E-state index >= 15 is 0 Å². The number of rotatable bonds is 4. The lowest BCUT2D eigenvalue weighted by molar-refractivity contribution is 0.0447. The van der Waals surface area contributed by atoms with Gasteiger partial charge in [-0.3, -0.25) is 0 Å². The maximum atomic E-state index is 9.45. The molecule has 0 aliphatic heterocycles. The van der Waals surface area contributed by atoms with Crippen LogP contribution in [0.3, 0.4) is 0 Å². The standard InChI is InChI=1S/C8H18O/c1-4-6-7-8(3,9)5-2/h9H,4-7H2,1-3H3/t8-/m1/s1. The summed E-state index contributed by atoms with van der Waals surface area (Å²) in [6.45, 7) is 6.07. The monoisotopic (exact) mass is 130 g/mol. The Labute approximate surface area is 58.1 Å². The van der Waals surface area contributed by atoms with Crippen molar-refractivity contribution >= 4 is 0 Å². The summed E-state index contributed by atoms with van der Waals surface area (Å²) in [5.74, 6) is 0. The summed E-state index contributed by atoms with van der Waals surface area (Å²) in [7, 11) is 0. The number of unbranched alkanes of at least 4 members (excludes halogenated alkanes) is 1. The average molecular weight is 130 g/mol. The molecular weight excluding hydrogens is 112 g/mol. The first-order valence-electron chi connectivity index (χ1n) is 3.84. The lowest BCUT2D eigenvalue weighted by Gasteiger charge is -2.20. The molecular formula is C8H18O. The van der Waals surface area contributed by atoms with E-state index in [4.69, 9.17) is 0 Å². The van der Waals surface area contributed by atoms with E-state index in [-0.39, 0.29) is 0 Å². The molecule has 0 spiro atoms. The van der Waals surface area contributed by atoms with Crippen LogP contribution in [0.2, 0.25) is 0 Å². The Bertz CT molecular complexity index is 67.0. The maximum absolute atomic E-state index is 9.45. The minimum absolute atomic E-state index is 0.407. The number of aliphatic hydroxyl groups is 1. The van der Waals surface area contributed by atoms with E-state index in [1.165, 1.54) is 6.42 Å². The molecule has 1 atom stereocenters. The normalized spacial score (nSPS) is 17.3. The van der Waals surface area contributed by atoms with E-state index in [1.807, 2.05) is 13.8 Å². The molecule has 0 aromatic rings. The predicted octanol–water partition coefficient (Wildman–Crippen LogP) is 2.34. The average Bonchev–Trinajstić information content (AvgIpc) is 1.84. The summed E-state index contributed by atoms with van der Waals surface area (Å²) in [4.78, 5) is 0. The first kappa shape index (κ1) is 8.96. The highest BCUT2D eigenvalue weighted by molar-refractivity contribution is 4.68. The van der Waals surface area contributed by atoms with Gasteiger partial charge < -0.3 is 5.11 Å². The molecule has 1 heteroatoms. The Kier molecular flexibility index (Phi) is 3.87. The van der Waals surface area contributed by atoms with Gasteiger partial charge in [0.25, 0.3) is 0 Å². The van der Waals surface area contributed by atoms with Crippen LogP contribution in [0.15, 0.2) is 0 Å². The van der Waals surface area contributed by atoms with E-state index in [0.29, 0.717) is 0 Å². The predicted molar refractivity (Wildman–Crippen MR) is 40.4 cm³/mol. The second-order valence-corrected chi connectivity index (χ2v) is 2.95. The molecule has 0 saturated carbocycles. The fraction of sp³-hybridized carbons (Fsp3) is 1.00. The van der Waals surface area contributed by atoms with Crippen LogP contribution in [-0.4, -0.2) is 10.7 Å². The highest BCUT2D eigenvalue weighted by atomic mass is 16.3. The zero-order chi connectivity index (χ0) is 7.33. The van der Waals surface area contributed by atoms with Crippen LogP contribution in [0.4, 0.5) is 0 Å². The van der Waals surface area contributed by atoms with Crippen LogP contribution in [-0.2, 0) is 0 Å². The summed E-state index contributed by atoms with van der Waals surface area (Å²) >= 11 is 0. The zero-order valence-electron chi connectivity index (χ0n) is 6.78. The molecule has 0 aromatic carbocycles. The van der Waals surface area contributed by atoms with E-state index < -0.39 is 5.60 Å². The molecule has 0 saturated heterocycles. The Morgan fingerprint density at radius 3 is 2.22 bits per heavy atom. The second kappa shape index (κ2) is 3.89. The first-order valence-corrected chi connectivity index (χ1v) is 3.84. The summed E-state index contributed by atoms with van der Waals surface area (Å²) in [5.41, 5.74) is -0.407. The molecule has 56 valence electrons. The Morgan fingerprint density at radius 1 is 1.33 bits per heavy atom. The fourth-order valence-electron chi connectivity index (χ4n) is 0.734. The van der Waals surface area contributed by atoms with Gasteiger partial charge in [0.15, 0.2) is 0 Å².